The van der Waals surface area contributed by atoms with Gasteiger partial charge >= 0.3 is 11.9 Å². The van der Waals surface area contributed by atoms with Gasteiger partial charge in [0.25, 0.3) is 0 Å². The van der Waals surface area contributed by atoms with E-state index in [9.17, 15) is 14.7 Å². The molecular formula is C18H22O6. The van der Waals surface area contributed by atoms with Gasteiger partial charge in [-0.3, -0.25) is 9.59 Å². The number of benzene rings is 1. The smallest absolute Gasteiger partial charge is 0.306 e. The summed E-state index contributed by atoms with van der Waals surface area (Å²) in [6.07, 6.45) is -1.91. The highest BCUT2D eigenvalue weighted by atomic mass is 16.6. The van der Waals surface area contributed by atoms with Crippen molar-refractivity contribution in [3.63, 3.8) is 0 Å². The molecule has 1 aromatic rings. The van der Waals surface area contributed by atoms with Crippen LogP contribution in [0.4, 0.5) is 0 Å². The third-order valence-corrected chi connectivity index (χ3v) is 4.72. The van der Waals surface area contributed by atoms with Crippen LogP contribution in [-0.4, -0.2) is 42.0 Å². The predicted molar refractivity (Wildman–Crippen MR) is 83.8 cm³/mol. The molecule has 3 rings (SSSR count). The van der Waals surface area contributed by atoms with E-state index in [1.54, 1.807) is 6.92 Å². The van der Waals surface area contributed by atoms with Crippen LogP contribution in [0, 0.1) is 11.8 Å². The van der Waals surface area contributed by atoms with Crippen molar-refractivity contribution in [2.45, 2.75) is 44.7 Å². The number of ether oxygens (including phenoxy) is 3. The summed E-state index contributed by atoms with van der Waals surface area (Å²) in [5.41, 5.74) is 1.04. The summed E-state index contributed by atoms with van der Waals surface area (Å²) in [4.78, 5) is 23.4. The maximum atomic E-state index is 11.7. The van der Waals surface area contributed by atoms with Crippen molar-refractivity contribution < 1.29 is 28.9 Å². The van der Waals surface area contributed by atoms with Gasteiger partial charge in [-0.15, -0.1) is 0 Å². The first-order valence-corrected chi connectivity index (χ1v) is 8.29. The number of rotatable bonds is 6. The summed E-state index contributed by atoms with van der Waals surface area (Å²) < 4.78 is 16.4. The molecule has 1 aliphatic carbocycles. The molecule has 1 aromatic carbocycles. The first kappa shape index (κ1) is 16.9. The molecule has 1 aliphatic heterocycles. The van der Waals surface area contributed by atoms with E-state index in [1.165, 1.54) is 0 Å². The Labute approximate surface area is 140 Å². The largest absolute Gasteiger partial charge is 0.458 e. The number of hydrogen-bond acceptors (Lipinski definition) is 6. The molecule has 24 heavy (non-hydrogen) atoms. The molecule has 2 fully saturated rings. The molecule has 5 atom stereocenters. The molecule has 130 valence electrons. The molecule has 1 heterocycles. The normalized spacial score (nSPS) is 31.6. The molecule has 0 aromatic heterocycles. The van der Waals surface area contributed by atoms with Crippen molar-refractivity contribution >= 4 is 11.9 Å². The zero-order valence-electron chi connectivity index (χ0n) is 13.6. The van der Waals surface area contributed by atoms with Crippen LogP contribution < -0.4 is 0 Å². The second-order valence-electron chi connectivity index (χ2n) is 6.29. The average molecular weight is 334 g/mol. The summed E-state index contributed by atoms with van der Waals surface area (Å²) in [7, 11) is 0. The number of esters is 2. The van der Waals surface area contributed by atoms with Gasteiger partial charge in [0.15, 0.2) is 6.10 Å². The molecule has 1 saturated heterocycles. The van der Waals surface area contributed by atoms with Crippen molar-refractivity contribution in [2.24, 2.45) is 11.8 Å². The Bertz CT molecular complexity index is 586. The Morgan fingerprint density at radius 1 is 1.33 bits per heavy atom. The lowest BCUT2D eigenvalue weighted by Gasteiger charge is -2.26. The zero-order valence-corrected chi connectivity index (χ0v) is 13.6. The van der Waals surface area contributed by atoms with E-state index in [0.29, 0.717) is 13.2 Å². The van der Waals surface area contributed by atoms with E-state index < -0.39 is 18.3 Å². The standard InChI is InChI=1S/C18H22O6/c1-2-14(19)23-17-13(10-22-9-11-6-4-3-5-7-11)12-8-15(20)24-18(17)16(12)21/h3-7,12-13,16-18,21H,2,8-10H2,1H3/t12-,13+,16+,17+,18?/m1/s1. The average Bonchev–Trinajstić information content (AvgIpc) is 2.73. The minimum atomic E-state index is -0.817. The summed E-state index contributed by atoms with van der Waals surface area (Å²) in [5.74, 6) is -1.29. The van der Waals surface area contributed by atoms with Gasteiger partial charge in [-0.05, 0) is 5.56 Å². The van der Waals surface area contributed by atoms with Gasteiger partial charge in [0.05, 0.1) is 25.7 Å². The SMILES string of the molecule is CCC(=O)O[C@@H]1C2OC(=O)C[C@H]([C@@H]1COCc1ccccc1)[C@@H]2O. The van der Waals surface area contributed by atoms with Crippen molar-refractivity contribution in [3.05, 3.63) is 35.9 Å². The minimum absolute atomic E-state index is 0.122. The number of aliphatic hydroxyl groups excluding tert-OH is 1. The minimum Gasteiger partial charge on any atom is -0.458 e. The third kappa shape index (κ3) is 3.44. The second kappa shape index (κ2) is 7.32. The molecule has 2 bridgehead atoms. The number of carbonyl (C=O) groups is 2. The fourth-order valence-electron chi connectivity index (χ4n) is 3.47. The lowest BCUT2D eigenvalue weighted by atomic mass is 9.91. The summed E-state index contributed by atoms with van der Waals surface area (Å²) in [5, 5.41) is 10.3. The fourth-order valence-corrected chi connectivity index (χ4v) is 3.47. The van der Waals surface area contributed by atoms with Crippen molar-refractivity contribution in [3.8, 4) is 0 Å². The highest BCUT2D eigenvalue weighted by Crippen LogP contribution is 2.42. The van der Waals surface area contributed by atoms with Crippen LogP contribution in [0.25, 0.3) is 0 Å². The highest BCUT2D eigenvalue weighted by molar-refractivity contribution is 5.72. The van der Waals surface area contributed by atoms with Gasteiger partial charge in [0.2, 0.25) is 0 Å². The Balaban J connectivity index is 1.67. The van der Waals surface area contributed by atoms with E-state index in [1.807, 2.05) is 30.3 Å². The lowest BCUT2D eigenvalue weighted by molar-refractivity contribution is -0.176. The molecule has 0 amide bonds. The van der Waals surface area contributed by atoms with Crippen LogP contribution in [0.5, 0.6) is 0 Å². The Hall–Kier alpha value is -1.92. The van der Waals surface area contributed by atoms with Crippen LogP contribution in [-0.2, 0) is 30.4 Å². The predicted octanol–water partition coefficient (Wildman–Crippen LogP) is 1.45. The van der Waals surface area contributed by atoms with Gasteiger partial charge in [-0.25, -0.2) is 0 Å². The molecule has 1 N–H and O–H groups in total. The number of hydrogen-bond donors (Lipinski definition) is 1. The van der Waals surface area contributed by atoms with Crippen molar-refractivity contribution in [1.29, 1.82) is 0 Å². The van der Waals surface area contributed by atoms with E-state index in [-0.39, 0.29) is 36.6 Å². The van der Waals surface area contributed by atoms with E-state index in [0.717, 1.165) is 5.56 Å². The van der Waals surface area contributed by atoms with Crippen LogP contribution in [0.3, 0.4) is 0 Å². The molecule has 0 radical (unpaired) electrons. The fraction of sp³-hybridized carbons (Fsp3) is 0.556. The van der Waals surface area contributed by atoms with E-state index in [2.05, 4.69) is 0 Å². The zero-order chi connectivity index (χ0) is 17.1. The van der Waals surface area contributed by atoms with Gasteiger partial charge in [-0.1, -0.05) is 37.3 Å². The summed E-state index contributed by atoms with van der Waals surface area (Å²) in [6, 6.07) is 9.72. The maximum Gasteiger partial charge on any atom is 0.306 e. The molecule has 6 heteroatoms. The van der Waals surface area contributed by atoms with Gasteiger partial charge in [0, 0.05) is 18.3 Å². The van der Waals surface area contributed by atoms with Gasteiger partial charge in [-0.2, -0.15) is 0 Å². The number of aliphatic hydroxyl groups is 1. The molecule has 2 aliphatic rings. The molecule has 6 nitrogen and oxygen atoms in total. The maximum absolute atomic E-state index is 11.7. The highest BCUT2D eigenvalue weighted by Gasteiger charge is 2.57. The van der Waals surface area contributed by atoms with Crippen molar-refractivity contribution in [1.82, 2.24) is 0 Å². The molecule has 0 spiro atoms. The number of fused-ring (bicyclic) bond motifs is 2. The molecule has 1 unspecified atom stereocenters. The van der Waals surface area contributed by atoms with Gasteiger partial charge in [0.1, 0.15) is 6.10 Å². The Morgan fingerprint density at radius 2 is 2.08 bits per heavy atom. The molecular weight excluding hydrogens is 312 g/mol. The Kier molecular flexibility index (Phi) is 5.16. The van der Waals surface area contributed by atoms with Crippen LogP contribution in [0.2, 0.25) is 0 Å². The number of carbonyl (C=O) groups excluding carboxylic acids is 2. The first-order chi connectivity index (χ1) is 11.6. The Morgan fingerprint density at radius 3 is 2.79 bits per heavy atom. The van der Waals surface area contributed by atoms with Crippen molar-refractivity contribution in [2.75, 3.05) is 6.61 Å². The third-order valence-electron chi connectivity index (χ3n) is 4.72. The second-order valence-corrected chi connectivity index (χ2v) is 6.29. The van der Waals surface area contributed by atoms with E-state index in [4.69, 9.17) is 14.2 Å². The topological polar surface area (TPSA) is 82.1 Å². The summed E-state index contributed by atoms with van der Waals surface area (Å²) in [6.45, 7) is 2.42. The van der Waals surface area contributed by atoms with Crippen LogP contribution >= 0.6 is 0 Å². The van der Waals surface area contributed by atoms with Gasteiger partial charge < -0.3 is 19.3 Å². The molecule has 1 saturated carbocycles. The van der Waals surface area contributed by atoms with E-state index >= 15 is 0 Å². The first-order valence-electron chi connectivity index (χ1n) is 8.29. The van der Waals surface area contributed by atoms with Crippen LogP contribution in [0.15, 0.2) is 30.3 Å². The lowest BCUT2D eigenvalue weighted by Crippen LogP contribution is -2.41. The monoisotopic (exact) mass is 334 g/mol. The summed E-state index contributed by atoms with van der Waals surface area (Å²) >= 11 is 0. The van der Waals surface area contributed by atoms with Crippen LogP contribution in [0.1, 0.15) is 25.3 Å². The quantitative estimate of drug-likeness (QED) is 0.793.